The number of halogens is 2. The monoisotopic (exact) mass is 268 g/mol. The zero-order valence-corrected chi connectivity index (χ0v) is 10.7. The van der Waals surface area contributed by atoms with Crippen LogP contribution in [0.2, 0.25) is 0 Å². The second-order valence-electron chi connectivity index (χ2n) is 5.16. The number of ketones is 1. The molecule has 1 aliphatic carbocycles. The number of hydrogen-bond acceptors (Lipinski definition) is 2. The highest BCUT2D eigenvalue weighted by molar-refractivity contribution is 6.01. The summed E-state index contributed by atoms with van der Waals surface area (Å²) >= 11 is 0. The molecule has 1 N–H and O–H groups in total. The summed E-state index contributed by atoms with van der Waals surface area (Å²) in [6.45, 7) is 0. The molecule has 0 spiro atoms. The minimum atomic E-state index is -3.70. The van der Waals surface area contributed by atoms with Crippen molar-refractivity contribution in [3.8, 4) is 0 Å². The molecule has 0 aliphatic heterocycles. The quantitative estimate of drug-likeness (QED) is 0.849. The summed E-state index contributed by atoms with van der Waals surface area (Å²) in [6, 6.07) is 7.44. The summed E-state index contributed by atoms with van der Waals surface area (Å²) in [6.07, 6.45) is 1.97. The van der Waals surface area contributed by atoms with E-state index in [4.69, 9.17) is 0 Å². The molecule has 0 radical (unpaired) electrons. The van der Waals surface area contributed by atoms with Crippen LogP contribution in [0.1, 0.15) is 42.5 Å². The third-order valence-electron chi connectivity index (χ3n) is 3.81. The van der Waals surface area contributed by atoms with Gasteiger partial charge in [-0.2, -0.15) is 8.78 Å². The molecule has 0 saturated heterocycles. The fourth-order valence-corrected chi connectivity index (χ4v) is 2.66. The lowest BCUT2D eigenvalue weighted by atomic mass is 9.81. The Hall–Kier alpha value is -1.29. The van der Waals surface area contributed by atoms with Crippen molar-refractivity contribution in [2.45, 2.75) is 44.1 Å². The van der Waals surface area contributed by atoms with Crippen LogP contribution < -0.4 is 0 Å². The molecule has 1 aromatic rings. The zero-order valence-electron chi connectivity index (χ0n) is 10.7. The first-order valence-electron chi connectivity index (χ1n) is 6.69. The molecule has 1 saturated carbocycles. The molecule has 0 heterocycles. The van der Waals surface area contributed by atoms with Crippen LogP contribution in [0, 0.1) is 5.92 Å². The highest BCUT2D eigenvalue weighted by atomic mass is 19.3. The summed E-state index contributed by atoms with van der Waals surface area (Å²) in [5.41, 5.74) is -0.0534. The highest BCUT2D eigenvalue weighted by Gasteiger charge is 2.49. The van der Waals surface area contributed by atoms with Crippen LogP contribution >= 0.6 is 0 Å². The van der Waals surface area contributed by atoms with E-state index in [0.717, 1.165) is 19.3 Å². The first kappa shape index (κ1) is 14.1. The Morgan fingerprint density at radius 1 is 1.16 bits per heavy atom. The number of Topliss-reactive ketones (excluding diaryl/α,β-unsaturated/α-hetero) is 1. The van der Waals surface area contributed by atoms with Gasteiger partial charge in [-0.3, -0.25) is 4.79 Å². The third kappa shape index (κ3) is 3.00. The Kier molecular flexibility index (Phi) is 4.30. The van der Waals surface area contributed by atoms with E-state index in [-0.39, 0.29) is 5.56 Å². The molecule has 4 heteroatoms. The second-order valence-corrected chi connectivity index (χ2v) is 5.16. The molecule has 19 heavy (non-hydrogen) atoms. The summed E-state index contributed by atoms with van der Waals surface area (Å²) in [4.78, 5) is 11.8. The number of alkyl halides is 2. The van der Waals surface area contributed by atoms with Crippen LogP contribution in [-0.4, -0.2) is 22.9 Å². The maximum absolute atomic E-state index is 14.1. The molecule has 2 nitrogen and oxygen atoms in total. The van der Waals surface area contributed by atoms with Gasteiger partial charge in [0.15, 0.2) is 0 Å². The molecular weight excluding hydrogens is 250 g/mol. The molecule has 1 unspecified atom stereocenters. The van der Waals surface area contributed by atoms with E-state index in [1.165, 1.54) is 24.3 Å². The fraction of sp³-hybridized carbons (Fsp3) is 0.533. The fourth-order valence-electron chi connectivity index (χ4n) is 2.66. The molecule has 1 aromatic carbocycles. The number of carbonyl (C=O) groups is 1. The summed E-state index contributed by atoms with van der Waals surface area (Å²) in [7, 11) is 0. The van der Waals surface area contributed by atoms with E-state index in [0.29, 0.717) is 12.8 Å². The van der Waals surface area contributed by atoms with Crippen molar-refractivity contribution in [1.29, 1.82) is 0 Å². The van der Waals surface area contributed by atoms with Crippen LogP contribution in [-0.2, 0) is 0 Å². The van der Waals surface area contributed by atoms with Gasteiger partial charge >= 0.3 is 5.92 Å². The highest BCUT2D eigenvalue weighted by Crippen LogP contribution is 2.35. The number of carbonyl (C=O) groups excluding carboxylic acids is 1. The maximum Gasteiger partial charge on any atom is 0.335 e. The summed E-state index contributed by atoms with van der Waals surface area (Å²) < 4.78 is 28.2. The van der Waals surface area contributed by atoms with Crippen LogP contribution in [0.4, 0.5) is 8.78 Å². The summed E-state index contributed by atoms with van der Waals surface area (Å²) in [5, 5.41) is 9.86. The molecular formula is C15H18F2O2. The van der Waals surface area contributed by atoms with Gasteiger partial charge in [0.1, 0.15) is 6.10 Å². The van der Waals surface area contributed by atoms with E-state index in [1.54, 1.807) is 6.07 Å². The van der Waals surface area contributed by atoms with Gasteiger partial charge in [-0.1, -0.05) is 49.6 Å². The Labute approximate surface area is 111 Å². The molecule has 1 atom stereocenters. The van der Waals surface area contributed by atoms with Gasteiger partial charge in [0.2, 0.25) is 5.78 Å². The predicted octanol–water partition coefficient (Wildman–Crippen LogP) is 3.45. The van der Waals surface area contributed by atoms with Crippen molar-refractivity contribution in [2.75, 3.05) is 0 Å². The topological polar surface area (TPSA) is 37.3 Å². The van der Waals surface area contributed by atoms with Crippen molar-refractivity contribution >= 4 is 5.78 Å². The van der Waals surface area contributed by atoms with E-state index < -0.39 is 23.7 Å². The van der Waals surface area contributed by atoms with Crippen molar-refractivity contribution in [1.82, 2.24) is 0 Å². The van der Waals surface area contributed by atoms with E-state index in [9.17, 15) is 18.7 Å². The van der Waals surface area contributed by atoms with Gasteiger partial charge in [0, 0.05) is 5.56 Å². The summed E-state index contributed by atoms with van der Waals surface area (Å²) in [5.74, 6) is -5.47. The van der Waals surface area contributed by atoms with Gasteiger partial charge in [0.25, 0.3) is 0 Å². The third-order valence-corrected chi connectivity index (χ3v) is 3.81. The standard InChI is InChI=1S/C15H18F2O2/c16-15(17,13(18)11-7-3-1-4-8-11)14(19)12-9-5-2-6-10-12/h1,3-4,7-8,12,14,19H,2,5-6,9-10H2. The Balaban J connectivity index is 2.14. The van der Waals surface area contributed by atoms with Crippen LogP contribution in [0.25, 0.3) is 0 Å². The van der Waals surface area contributed by atoms with Crippen molar-refractivity contribution in [3.63, 3.8) is 0 Å². The SMILES string of the molecule is O=C(c1ccccc1)C(F)(F)C(O)C1CCCCC1. The lowest BCUT2D eigenvalue weighted by Crippen LogP contribution is -2.46. The predicted molar refractivity (Wildman–Crippen MR) is 68.3 cm³/mol. The minimum absolute atomic E-state index is 0.0534. The van der Waals surface area contributed by atoms with Crippen molar-refractivity contribution < 1.29 is 18.7 Å². The largest absolute Gasteiger partial charge is 0.386 e. The van der Waals surface area contributed by atoms with Gasteiger partial charge in [-0.15, -0.1) is 0 Å². The van der Waals surface area contributed by atoms with Gasteiger partial charge in [-0.05, 0) is 18.8 Å². The van der Waals surface area contributed by atoms with Crippen molar-refractivity contribution in [2.24, 2.45) is 5.92 Å². The van der Waals surface area contributed by atoms with E-state index in [2.05, 4.69) is 0 Å². The van der Waals surface area contributed by atoms with Crippen LogP contribution in [0.5, 0.6) is 0 Å². The normalized spacial score (nSPS) is 19.1. The van der Waals surface area contributed by atoms with Gasteiger partial charge in [0.05, 0.1) is 0 Å². The average molecular weight is 268 g/mol. The lowest BCUT2D eigenvalue weighted by Gasteiger charge is -2.31. The molecule has 1 fully saturated rings. The zero-order chi connectivity index (χ0) is 13.9. The van der Waals surface area contributed by atoms with Crippen LogP contribution in [0.3, 0.4) is 0 Å². The second kappa shape index (κ2) is 5.78. The van der Waals surface area contributed by atoms with Crippen molar-refractivity contribution in [3.05, 3.63) is 35.9 Å². The number of benzene rings is 1. The number of aliphatic hydroxyl groups excluding tert-OH is 1. The Morgan fingerprint density at radius 2 is 1.74 bits per heavy atom. The molecule has 0 aromatic heterocycles. The molecule has 104 valence electrons. The van der Waals surface area contributed by atoms with Gasteiger partial charge in [-0.25, -0.2) is 0 Å². The number of aliphatic hydroxyl groups is 1. The molecule has 2 rings (SSSR count). The first-order valence-corrected chi connectivity index (χ1v) is 6.69. The van der Waals surface area contributed by atoms with Crippen LogP contribution in [0.15, 0.2) is 30.3 Å². The first-order chi connectivity index (χ1) is 9.03. The Morgan fingerprint density at radius 3 is 2.32 bits per heavy atom. The maximum atomic E-state index is 14.1. The smallest absolute Gasteiger partial charge is 0.335 e. The minimum Gasteiger partial charge on any atom is -0.386 e. The number of rotatable bonds is 4. The molecule has 0 bridgehead atoms. The molecule has 0 amide bonds. The van der Waals surface area contributed by atoms with E-state index >= 15 is 0 Å². The molecule has 1 aliphatic rings. The van der Waals surface area contributed by atoms with E-state index in [1.807, 2.05) is 0 Å². The average Bonchev–Trinajstić information content (AvgIpc) is 2.47. The lowest BCUT2D eigenvalue weighted by molar-refractivity contribution is -0.106. The Bertz CT molecular complexity index is 425. The number of hydrogen-bond donors (Lipinski definition) is 1. The van der Waals surface area contributed by atoms with Gasteiger partial charge < -0.3 is 5.11 Å².